The third-order valence-corrected chi connectivity index (χ3v) is 6.90. The van der Waals surface area contributed by atoms with Gasteiger partial charge in [-0.1, -0.05) is 20.0 Å². The lowest BCUT2D eigenvalue weighted by Crippen LogP contribution is -2.50. The van der Waals surface area contributed by atoms with Gasteiger partial charge >= 0.3 is 0 Å². The largest absolute Gasteiger partial charge is 0.303 e. The van der Waals surface area contributed by atoms with Gasteiger partial charge < -0.3 is 4.90 Å². The van der Waals surface area contributed by atoms with Crippen LogP contribution in [0, 0.1) is 0 Å². The Hall–Kier alpha value is -0.0831. The Kier molecular flexibility index (Phi) is 3.74. The maximum absolute atomic E-state index is 4.01. The fourth-order valence-corrected chi connectivity index (χ4v) is 4.97. The van der Waals surface area contributed by atoms with Crippen molar-refractivity contribution in [3.8, 4) is 0 Å². The molecule has 2 heteroatoms. The third-order valence-electron chi connectivity index (χ3n) is 3.35. The van der Waals surface area contributed by atoms with Gasteiger partial charge in [0.1, 0.15) is 0 Å². The van der Waals surface area contributed by atoms with E-state index in [0.717, 1.165) is 5.67 Å². The molecule has 0 aromatic carbocycles. The molecule has 76 valence electrons. The van der Waals surface area contributed by atoms with Gasteiger partial charge in [-0.3, -0.25) is 0 Å². The molecule has 1 unspecified atom stereocenters. The molecule has 1 fully saturated rings. The fourth-order valence-electron chi connectivity index (χ4n) is 2.44. The first-order chi connectivity index (χ1) is 6.11. The van der Waals surface area contributed by atoms with Gasteiger partial charge in [0.2, 0.25) is 0 Å². The van der Waals surface area contributed by atoms with Crippen LogP contribution in [0.15, 0.2) is 12.3 Å². The van der Waals surface area contributed by atoms with Crippen molar-refractivity contribution in [2.45, 2.75) is 44.9 Å². The summed E-state index contributed by atoms with van der Waals surface area (Å²) >= 11 is 0. The van der Waals surface area contributed by atoms with Crippen molar-refractivity contribution in [1.29, 1.82) is 0 Å². The van der Waals surface area contributed by atoms with E-state index in [9.17, 15) is 0 Å². The first-order valence-corrected chi connectivity index (χ1v) is 8.65. The molecule has 0 aromatic rings. The molecule has 1 aliphatic rings. The molecule has 0 bridgehead atoms. The summed E-state index contributed by atoms with van der Waals surface area (Å²) in [6.07, 6.45) is 4.10. The van der Waals surface area contributed by atoms with Crippen LogP contribution in [0.25, 0.3) is 0 Å². The normalized spacial score (nSPS) is 21.8. The molecule has 1 saturated heterocycles. The summed E-state index contributed by atoms with van der Waals surface area (Å²) in [4.78, 5) is 2.69. The van der Waals surface area contributed by atoms with Crippen molar-refractivity contribution in [3.63, 3.8) is 0 Å². The van der Waals surface area contributed by atoms with Crippen molar-refractivity contribution in [2.24, 2.45) is 0 Å². The van der Waals surface area contributed by atoms with Crippen LogP contribution in [0.3, 0.4) is 0 Å². The molecule has 0 aromatic heterocycles. The molecule has 0 N–H and O–H groups in total. The zero-order valence-electron chi connectivity index (χ0n) is 9.34. The zero-order chi connectivity index (χ0) is 9.90. The SMILES string of the molecule is C=C[Si](C)(C)C(CC)N1CCCC1. The summed E-state index contributed by atoms with van der Waals surface area (Å²) < 4.78 is 0. The first kappa shape index (κ1) is 11.0. The second kappa shape index (κ2) is 4.42. The molecule has 0 radical (unpaired) electrons. The summed E-state index contributed by atoms with van der Waals surface area (Å²) in [6, 6.07) is 0. The van der Waals surface area contributed by atoms with Gasteiger partial charge in [-0.15, -0.1) is 12.3 Å². The van der Waals surface area contributed by atoms with Gasteiger partial charge in [0.15, 0.2) is 0 Å². The van der Waals surface area contributed by atoms with Crippen LogP contribution in [0.2, 0.25) is 13.1 Å². The van der Waals surface area contributed by atoms with Crippen LogP contribution < -0.4 is 0 Å². The van der Waals surface area contributed by atoms with E-state index in [1.54, 1.807) is 0 Å². The molecule has 1 atom stereocenters. The smallest absolute Gasteiger partial charge is 0.0893 e. The van der Waals surface area contributed by atoms with Gasteiger partial charge in [0.25, 0.3) is 0 Å². The number of hydrogen-bond acceptors (Lipinski definition) is 1. The molecule has 0 aliphatic carbocycles. The maximum Gasteiger partial charge on any atom is 0.0893 e. The van der Waals surface area contributed by atoms with Crippen molar-refractivity contribution in [1.82, 2.24) is 4.90 Å². The summed E-state index contributed by atoms with van der Waals surface area (Å²) in [7, 11) is -1.18. The highest BCUT2D eigenvalue weighted by Gasteiger charge is 2.33. The van der Waals surface area contributed by atoms with E-state index >= 15 is 0 Å². The maximum atomic E-state index is 4.01. The number of hydrogen-bond donors (Lipinski definition) is 0. The highest BCUT2D eigenvalue weighted by atomic mass is 28.3. The van der Waals surface area contributed by atoms with Crippen molar-refractivity contribution < 1.29 is 0 Å². The molecule has 1 nitrogen and oxygen atoms in total. The molecule has 1 heterocycles. The predicted octanol–water partition coefficient (Wildman–Crippen LogP) is 2.83. The van der Waals surface area contributed by atoms with E-state index in [4.69, 9.17) is 0 Å². The standard InChI is InChI=1S/C11H23NSi/c1-5-11(13(3,4)6-2)12-9-7-8-10-12/h6,11H,2,5,7-10H2,1,3-4H3. The molecule has 0 saturated carbocycles. The monoisotopic (exact) mass is 197 g/mol. The highest BCUT2D eigenvalue weighted by molar-refractivity contribution is 6.83. The first-order valence-electron chi connectivity index (χ1n) is 5.49. The Morgan fingerprint density at radius 1 is 1.38 bits per heavy atom. The summed E-state index contributed by atoms with van der Waals surface area (Å²) in [5, 5.41) is 0. The van der Waals surface area contributed by atoms with Crippen molar-refractivity contribution in [2.75, 3.05) is 13.1 Å². The Bertz CT molecular complexity index is 171. The average Bonchev–Trinajstić information content (AvgIpc) is 2.58. The van der Waals surface area contributed by atoms with Crippen molar-refractivity contribution >= 4 is 8.07 Å². The topological polar surface area (TPSA) is 3.24 Å². The third kappa shape index (κ3) is 2.44. The Morgan fingerprint density at radius 2 is 1.92 bits per heavy atom. The van der Waals surface area contributed by atoms with Crippen molar-refractivity contribution in [3.05, 3.63) is 12.3 Å². The highest BCUT2D eigenvalue weighted by Crippen LogP contribution is 2.22. The van der Waals surface area contributed by atoms with Crippen LogP contribution in [-0.4, -0.2) is 31.7 Å². The molecular formula is C11H23NSi. The minimum absolute atomic E-state index is 0.826. The van der Waals surface area contributed by atoms with Gasteiger partial charge in [-0.05, 0) is 32.4 Å². The van der Waals surface area contributed by atoms with Crippen LogP contribution in [0.4, 0.5) is 0 Å². The number of likely N-dealkylation sites (tertiary alicyclic amines) is 1. The van der Waals surface area contributed by atoms with E-state index in [0.29, 0.717) is 0 Å². The number of nitrogens with zero attached hydrogens (tertiary/aromatic N) is 1. The number of rotatable bonds is 4. The molecule has 1 aliphatic heterocycles. The minimum atomic E-state index is -1.18. The lowest BCUT2D eigenvalue weighted by atomic mass is 10.4. The Balaban J connectivity index is 2.65. The molecule has 1 rings (SSSR count). The average molecular weight is 197 g/mol. The van der Waals surface area contributed by atoms with E-state index in [2.05, 4.69) is 37.2 Å². The lowest BCUT2D eigenvalue weighted by molar-refractivity contribution is 0.296. The van der Waals surface area contributed by atoms with Crippen LogP contribution >= 0.6 is 0 Å². The Labute approximate surface area is 83.8 Å². The summed E-state index contributed by atoms with van der Waals surface area (Å²) in [5.41, 5.74) is 3.08. The van der Waals surface area contributed by atoms with Gasteiger partial charge in [0, 0.05) is 5.67 Å². The van der Waals surface area contributed by atoms with E-state index < -0.39 is 8.07 Å². The lowest BCUT2D eigenvalue weighted by Gasteiger charge is -2.36. The molecule has 0 amide bonds. The van der Waals surface area contributed by atoms with Gasteiger partial charge in [-0.2, -0.15) is 0 Å². The predicted molar refractivity (Wildman–Crippen MR) is 62.6 cm³/mol. The van der Waals surface area contributed by atoms with Gasteiger partial charge in [-0.25, -0.2) is 0 Å². The van der Waals surface area contributed by atoms with E-state index in [1.807, 2.05) is 0 Å². The second-order valence-corrected chi connectivity index (χ2v) is 9.41. The summed E-state index contributed by atoms with van der Waals surface area (Å²) in [5.74, 6) is 0. The van der Waals surface area contributed by atoms with Crippen LogP contribution in [0.5, 0.6) is 0 Å². The minimum Gasteiger partial charge on any atom is -0.303 e. The Morgan fingerprint density at radius 3 is 2.31 bits per heavy atom. The second-order valence-electron chi connectivity index (χ2n) is 4.69. The molecular weight excluding hydrogens is 174 g/mol. The fraction of sp³-hybridized carbons (Fsp3) is 0.818. The van der Waals surface area contributed by atoms with E-state index in [-0.39, 0.29) is 0 Å². The quantitative estimate of drug-likeness (QED) is 0.627. The van der Waals surface area contributed by atoms with Crippen LogP contribution in [-0.2, 0) is 0 Å². The molecule has 13 heavy (non-hydrogen) atoms. The van der Waals surface area contributed by atoms with Gasteiger partial charge in [0.05, 0.1) is 8.07 Å². The van der Waals surface area contributed by atoms with E-state index in [1.165, 1.54) is 32.4 Å². The summed E-state index contributed by atoms with van der Waals surface area (Å²) in [6.45, 7) is 13.8. The van der Waals surface area contributed by atoms with Crippen LogP contribution in [0.1, 0.15) is 26.2 Å². The molecule has 0 spiro atoms. The zero-order valence-corrected chi connectivity index (χ0v) is 10.3.